The third-order valence-corrected chi connectivity index (χ3v) is 3.14. The van der Waals surface area contributed by atoms with Crippen LogP contribution in [0, 0.1) is 5.82 Å². The Kier molecular flexibility index (Phi) is 4.50. The van der Waals surface area contributed by atoms with E-state index < -0.39 is 17.4 Å². The second-order valence-electron chi connectivity index (χ2n) is 4.66. The molecule has 1 aromatic heterocycles. The average Bonchev–Trinajstić information content (AvgIpc) is 2.97. The Morgan fingerprint density at radius 3 is 2.86 bits per heavy atom. The van der Waals surface area contributed by atoms with Crippen molar-refractivity contribution in [1.82, 2.24) is 5.32 Å². The maximum atomic E-state index is 13.6. The van der Waals surface area contributed by atoms with E-state index in [4.69, 9.17) is 16.0 Å². The average molecular weight is 313 g/mol. The summed E-state index contributed by atoms with van der Waals surface area (Å²) >= 11 is 5.62. The first-order chi connectivity index (χ1) is 9.90. The van der Waals surface area contributed by atoms with E-state index in [-0.39, 0.29) is 17.3 Å². The lowest BCUT2D eigenvalue weighted by molar-refractivity contribution is 0.0372. The summed E-state index contributed by atoms with van der Waals surface area (Å²) in [6.07, 6.45) is 1.42. The number of furan rings is 1. The molecule has 5 nitrogen and oxygen atoms in total. The van der Waals surface area contributed by atoms with Gasteiger partial charge in [-0.25, -0.2) is 9.18 Å². The standard InChI is InChI=1S/C14H14ClFN2O3/c1-14(20,11-6-3-7-21-11)8-17-13(19)18-10-5-2-4-9(15)12(10)16/h2-7,20H,8H2,1H3,(H2,17,18,19). The number of hydrogen-bond donors (Lipinski definition) is 3. The van der Waals surface area contributed by atoms with Gasteiger partial charge in [0.15, 0.2) is 5.82 Å². The zero-order chi connectivity index (χ0) is 15.5. The van der Waals surface area contributed by atoms with Crippen LogP contribution in [0.25, 0.3) is 0 Å². The predicted molar refractivity (Wildman–Crippen MR) is 76.7 cm³/mol. The fraction of sp³-hybridized carbons (Fsp3) is 0.214. The first kappa shape index (κ1) is 15.3. The number of halogens is 2. The molecule has 0 spiro atoms. The smallest absolute Gasteiger partial charge is 0.319 e. The van der Waals surface area contributed by atoms with E-state index in [0.29, 0.717) is 5.76 Å². The number of rotatable bonds is 4. The maximum absolute atomic E-state index is 13.6. The summed E-state index contributed by atoms with van der Waals surface area (Å²) in [4.78, 5) is 11.7. The zero-order valence-corrected chi connectivity index (χ0v) is 11.9. The van der Waals surface area contributed by atoms with Crippen molar-refractivity contribution in [2.45, 2.75) is 12.5 Å². The Bertz CT molecular complexity index is 629. The molecule has 0 radical (unpaired) electrons. The van der Waals surface area contributed by atoms with Gasteiger partial charge in [0.1, 0.15) is 11.4 Å². The molecule has 2 rings (SSSR count). The molecule has 2 amide bonds. The third-order valence-electron chi connectivity index (χ3n) is 2.84. The second-order valence-corrected chi connectivity index (χ2v) is 5.07. The van der Waals surface area contributed by atoms with Crippen molar-refractivity contribution < 1.29 is 18.7 Å². The van der Waals surface area contributed by atoms with Crippen LogP contribution < -0.4 is 10.6 Å². The molecule has 0 bridgehead atoms. The predicted octanol–water partition coefficient (Wildman–Crippen LogP) is 3.10. The third kappa shape index (κ3) is 3.74. The van der Waals surface area contributed by atoms with Crippen molar-refractivity contribution in [2.24, 2.45) is 0 Å². The Morgan fingerprint density at radius 1 is 1.43 bits per heavy atom. The van der Waals surface area contributed by atoms with Gasteiger partial charge in [0.05, 0.1) is 23.5 Å². The summed E-state index contributed by atoms with van der Waals surface area (Å²) in [6.45, 7) is 1.39. The fourth-order valence-corrected chi connectivity index (χ4v) is 1.87. The minimum atomic E-state index is -1.37. The van der Waals surface area contributed by atoms with Crippen LogP contribution in [0.3, 0.4) is 0 Å². The number of anilines is 1. The highest BCUT2D eigenvalue weighted by atomic mass is 35.5. The van der Waals surface area contributed by atoms with Crippen LogP contribution in [0.1, 0.15) is 12.7 Å². The molecule has 0 fully saturated rings. The molecule has 0 aliphatic heterocycles. The van der Waals surface area contributed by atoms with E-state index in [2.05, 4.69) is 10.6 Å². The SMILES string of the molecule is CC(O)(CNC(=O)Nc1cccc(Cl)c1F)c1ccco1. The molecule has 1 aromatic carbocycles. The summed E-state index contributed by atoms with van der Waals surface area (Å²) in [5.74, 6) is -0.399. The zero-order valence-electron chi connectivity index (χ0n) is 11.2. The second kappa shape index (κ2) is 6.15. The van der Waals surface area contributed by atoms with Gasteiger partial charge in [0.2, 0.25) is 0 Å². The van der Waals surface area contributed by atoms with E-state index >= 15 is 0 Å². The van der Waals surface area contributed by atoms with E-state index in [1.807, 2.05) is 0 Å². The largest absolute Gasteiger partial charge is 0.466 e. The van der Waals surface area contributed by atoms with E-state index in [1.165, 1.54) is 31.4 Å². The lowest BCUT2D eigenvalue weighted by Gasteiger charge is -2.21. The minimum absolute atomic E-state index is 0.0439. The van der Waals surface area contributed by atoms with Crippen LogP contribution in [0.15, 0.2) is 41.0 Å². The minimum Gasteiger partial charge on any atom is -0.466 e. The molecule has 1 unspecified atom stereocenters. The monoisotopic (exact) mass is 312 g/mol. The number of urea groups is 1. The highest BCUT2D eigenvalue weighted by Gasteiger charge is 2.26. The Labute approximate surface area is 125 Å². The highest BCUT2D eigenvalue weighted by Crippen LogP contribution is 2.22. The Balaban J connectivity index is 1.95. The van der Waals surface area contributed by atoms with Crippen LogP contribution in [-0.4, -0.2) is 17.7 Å². The molecule has 7 heteroatoms. The molecular formula is C14H14ClFN2O3. The van der Waals surface area contributed by atoms with Gasteiger partial charge in [0, 0.05) is 0 Å². The first-order valence-electron chi connectivity index (χ1n) is 6.15. The van der Waals surface area contributed by atoms with Gasteiger partial charge in [-0.15, -0.1) is 0 Å². The summed E-state index contributed by atoms with van der Waals surface area (Å²) in [5, 5.41) is 14.8. The summed E-state index contributed by atoms with van der Waals surface area (Å²) in [5.41, 5.74) is -1.41. The van der Waals surface area contributed by atoms with E-state index in [9.17, 15) is 14.3 Å². The van der Waals surface area contributed by atoms with E-state index in [0.717, 1.165) is 0 Å². The molecule has 1 atom stereocenters. The lowest BCUT2D eigenvalue weighted by atomic mass is 10.0. The molecule has 2 aromatic rings. The van der Waals surface area contributed by atoms with Crippen molar-refractivity contribution in [3.05, 3.63) is 53.2 Å². The van der Waals surface area contributed by atoms with E-state index in [1.54, 1.807) is 12.1 Å². The lowest BCUT2D eigenvalue weighted by Crippen LogP contribution is -2.40. The van der Waals surface area contributed by atoms with Crippen LogP contribution in [0.4, 0.5) is 14.9 Å². The van der Waals surface area contributed by atoms with Crippen molar-refractivity contribution in [1.29, 1.82) is 0 Å². The van der Waals surface area contributed by atoms with Crippen LogP contribution in [0.5, 0.6) is 0 Å². The molecule has 112 valence electrons. The number of nitrogens with one attached hydrogen (secondary N) is 2. The quantitative estimate of drug-likeness (QED) is 0.812. The highest BCUT2D eigenvalue weighted by molar-refractivity contribution is 6.31. The number of carbonyl (C=O) groups is 1. The molecular weight excluding hydrogens is 299 g/mol. The number of carbonyl (C=O) groups excluding carboxylic acids is 1. The van der Waals surface area contributed by atoms with Crippen molar-refractivity contribution in [3.8, 4) is 0 Å². The molecule has 0 saturated heterocycles. The molecule has 0 saturated carbocycles. The molecule has 1 heterocycles. The molecule has 0 aliphatic rings. The summed E-state index contributed by atoms with van der Waals surface area (Å²) in [7, 11) is 0. The Morgan fingerprint density at radius 2 is 2.19 bits per heavy atom. The van der Waals surface area contributed by atoms with Crippen LogP contribution in [0.2, 0.25) is 5.02 Å². The topological polar surface area (TPSA) is 74.5 Å². The van der Waals surface area contributed by atoms with Crippen LogP contribution in [-0.2, 0) is 5.60 Å². The number of amides is 2. The van der Waals surface area contributed by atoms with Gasteiger partial charge in [-0.1, -0.05) is 17.7 Å². The van der Waals surface area contributed by atoms with Crippen LogP contribution >= 0.6 is 11.6 Å². The fourth-order valence-electron chi connectivity index (χ4n) is 1.69. The first-order valence-corrected chi connectivity index (χ1v) is 6.53. The van der Waals surface area contributed by atoms with Gasteiger partial charge in [0.25, 0.3) is 0 Å². The van der Waals surface area contributed by atoms with Gasteiger partial charge in [-0.3, -0.25) is 0 Å². The summed E-state index contributed by atoms with van der Waals surface area (Å²) < 4.78 is 18.7. The Hall–Kier alpha value is -2.05. The molecule has 0 aliphatic carbocycles. The summed E-state index contributed by atoms with van der Waals surface area (Å²) in [6, 6.07) is 6.83. The maximum Gasteiger partial charge on any atom is 0.319 e. The normalized spacial score (nSPS) is 13.5. The van der Waals surface area contributed by atoms with Gasteiger partial charge in [-0.2, -0.15) is 0 Å². The van der Waals surface area contributed by atoms with Crippen molar-refractivity contribution in [2.75, 3.05) is 11.9 Å². The molecule has 21 heavy (non-hydrogen) atoms. The molecule has 3 N–H and O–H groups in total. The number of aliphatic hydroxyl groups is 1. The van der Waals surface area contributed by atoms with Crippen molar-refractivity contribution >= 4 is 23.3 Å². The van der Waals surface area contributed by atoms with Gasteiger partial charge >= 0.3 is 6.03 Å². The number of benzene rings is 1. The van der Waals surface area contributed by atoms with Gasteiger partial charge < -0.3 is 20.2 Å². The number of hydrogen-bond acceptors (Lipinski definition) is 3. The van der Waals surface area contributed by atoms with Crippen molar-refractivity contribution in [3.63, 3.8) is 0 Å². The van der Waals surface area contributed by atoms with Gasteiger partial charge in [-0.05, 0) is 31.2 Å².